The zero-order valence-corrected chi connectivity index (χ0v) is 14.6. The van der Waals surface area contributed by atoms with Crippen molar-refractivity contribution in [1.82, 2.24) is 0 Å². The Kier molecular flexibility index (Phi) is 4.32. The van der Waals surface area contributed by atoms with E-state index in [1.54, 1.807) is 0 Å². The highest BCUT2D eigenvalue weighted by atomic mass is 79.9. The van der Waals surface area contributed by atoms with Crippen LogP contribution >= 0.6 is 27.3 Å². The van der Waals surface area contributed by atoms with Crippen molar-refractivity contribution in [2.24, 2.45) is 0 Å². The van der Waals surface area contributed by atoms with E-state index in [1.807, 2.05) is 24.3 Å². The summed E-state index contributed by atoms with van der Waals surface area (Å²) in [6, 6.07) is 15.1. The summed E-state index contributed by atoms with van der Waals surface area (Å²) in [5.41, 5.74) is 2.71. The maximum Gasteiger partial charge on any atom is 0.120 e. The van der Waals surface area contributed by atoms with Gasteiger partial charge in [-0.3, -0.25) is 0 Å². The van der Waals surface area contributed by atoms with Crippen LogP contribution in [0.1, 0.15) is 22.9 Å². The summed E-state index contributed by atoms with van der Waals surface area (Å²) in [4.78, 5) is 1.39. The van der Waals surface area contributed by atoms with Crippen LogP contribution in [0.15, 0.2) is 46.9 Å². The first-order valence-electron chi connectivity index (χ1n) is 7.06. The van der Waals surface area contributed by atoms with E-state index in [-0.39, 0.29) is 0 Å². The lowest BCUT2D eigenvalue weighted by molar-refractivity contribution is 0.341. The summed E-state index contributed by atoms with van der Waals surface area (Å²) < 4.78 is 8.01. The van der Waals surface area contributed by atoms with Crippen LogP contribution in [0.3, 0.4) is 0 Å². The molecule has 2 aromatic carbocycles. The predicted molar refractivity (Wildman–Crippen MR) is 94.7 cm³/mol. The van der Waals surface area contributed by atoms with Crippen molar-refractivity contribution in [2.75, 3.05) is 6.61 Å². The zero-order chi connectivity index (χ0) is 14.8. The van der Waals surface area contributed by atoms with Crippen molar-refractivity contribution < 1.29 is 4.74 Å². The molecule has 0 fully saturated rings. The van der Waals surface area contributed by atoms with Gasteiger partial charge >= 0.3 is 0 Å². The fraction of sp³-hybridized carbons (Fsp3) is 0.222. The molecule has 3 aromatic rings. The first kappa shape index (κ1) is 14.6. The summed E-state index contributed by atoms with van der Waals surface area (Å²) >= 11 is 5.41. The Balaban J connectivity index is 1.92. The fourth-order valence-corrected chi connectivity index (χ4v) is 3.95. The molecule has 0 saturated heterocycles. The lowest BCUT2D eigenvalue weighted by atomic mass is 10.1. The second-order valence-electron chi connectivity index (χ2n) is 5.09. The average Bonchev–Trinajstić information content (AvgIpc) is 2.85. The van der Waals surface area contributed by atoms with Gasteiger partial charge in [-0.25, -0.2) is 0 Å². The number of halogens is 1. The molecule has 0 radical (unpaired) electrons. The summed E-state index contributed by atoms with van der Waals surface area (Å²) in [6.45, 7) is 4.89. The molecule has 3 heteroatoms. The lowest BCUT2D eigenvalue weighted by Gasteiger charge is -2.04. The number of rotatable bonds is 4. The Labute approximate surface area is 137 Å². The molecule has 0 amide bonds. The quantitative estimate of drug-likeness (QED) is 0.557. The van der Waals surface area contributed by atoms with E-state index >= 15 is 0 Å². The minimum Gasteiger partial charge on any atom is -0.494 e. The van der Waals surface area contributed by atoms with Crippen molar-refractivity contribution in [3.05, 3.63) is 62.9 Å². The van der Waals surface area contributed by atoms with E-state index in [4.69, 9.17) is 4.74 Å². The minimum absolute atomic E-state index is 0.709. The third-order valence-corrected chi connectivity index (χ3v) is 5.12. The average molecular weight is 361 g/mol. The van der Waals surface area contributed by atoms with E-state index in [2.05, 4.69) is 59.3 Å². The number of fused-ring (bicyclic) bond motifs is 1. The van der Waals surface area contributed by atoms with Crippen molar-refractivity contribution in [3.63, 3.8) is 0 Å². The summed E-state index contributed by atoms with van der Waals surface area (Å²) in [5, 5.41) is 1.30. The number of hydrogen-bond donors (Lipinski definition) is 0. The van der Waals surface area contributed by atoms with Crippen LogP contribution in [-0.4, -0.2) is 6.61 Å². The van der Waals surface area contributed by atoms with E-state index in [1.165, 1.54) is 26.1 Å². The summed E-state index contributed by atoms with van der Waals surface area (Å²) in [7, 11) is 0. The molecule has 3 rings (SSSR count). The molecule has 21 heavy (non-hydrogen) atoms. The van der Waals surface area contributed by atoms with E-state index < -0.39 is 0 Å². The molecule has 0 spiro atoms. The van der Waals surface area contributed by atoms with Gasteiger partial charge in [0, 0.05) is 20.5 Å². The highest BCUT2D eigenvalue weighted by Gasteiger charge is 2.06. The number of benzene rings is 2. The third-order valence-electron chi connectivity index (χ3n) is 3.53. The standard InChI is InChI=1S/C18H17BrOS/c1-3-20-16-7-5-13-9-17(21-18(13)11-16)10-14-8-15(19)6-4-12(14)2/h4-9,11H,3,10H2,1-2H3. The zero-order valence-electron chi connectivity index (χ0n) is 12.2. The number of aryl methyl sites for hydroxylation is 1. The molecule has 0 unspecified atom stereocenters. The molecule has 0 aliphatic rings. The maximum absolute atomic E-state index is 5.58. The van der Waals surface area contributed by atoms with Crippen LogP contribution in [0.25, 0.3) is 10.1 Å². The van der Waals surface area contributed by atoms with Crippen molar-refractivity contribution in [2.45, 2.75) is 20.3 Å². The SMILES string of the molecule is CCOc1ccc2cc(Cc3cc(Br)ccc3C)sc2c1. The van der Waals surface area contributed by atoms with Crippen LogP contribution < -0.4 is 4.74 Å². The predicted octanol–water partition coefficient (Wildman–Crippen LogP) is 5.96. The fourth-order valence-electron chi connectivity index (χ4n) is 2.43. The Bertz CT molecular complexity index is 776. The van der Waals surface area contributed by atoms with Crippen molar-refractivity contribution >= 4 is 37.4 Å². The highest BCUT2D eigenvalue weighted by Crippen LogP contribution is 2.31. The van der Waals surface area contributed by atoms with Gasteiger partial charge in [0.05, 0.1) is 6.61 Å². The van der Waals surface area contributed by atoms with Crippen LogP contribution in [0.2, 0.25) is 0 Å². The van der Waals surface area contributed by atoms with Gasteiger partial charge in [-0.1, -0.05) is 22.0 Å². The highest BCUT2D eigenvalue weighted by molar-refractivity contribution is 9.10. The molecule has 0 bridgehead atoms. The molecule has 0 saturated carbocycles. The van der Waals surface area contributed by atoms with Crippen molar-refractivity contribution in [3.8, 4) is 5.75 Å². The normalized spacial score (nSPS) is 11.0. The van der Waals surface area contributed by atoms with Gasteiger partial charge in [-0.15, -0.1) is 11.3 Å². The van der Waals surface area contributed by atoms with Gasteiger partial charge in [-0.05, 0) is 66.8 Å². The maximum atomic E-state index is 5.58. The first-order chi connectivity index (χ1) is 10.2. The first-order valence-corrected chi connectivity index (χ1v) is 8.67. The number of hydrogen-bond acceptors (Lipinski definition) is 2. The van der Waals surface area contributed by atoms with Crippen molar-refractivity contribution in [1.29, 1.82) is 0 Å². The van der Waals surface area contributed by atoms with Gasteiger partial charge in [-0.2, -0.15) is 0 Å². The van der Waals surface area contributed by atoms with Gasteiger partial charge in [0.1, 0.15) is 5.75 Å². The van der Waals surface area contributed by atoms with Gasteiger partial charge in [0.25, 0.3) is 0 Å². The van der Waals surface area contributed by atoms with Crippen LogP contribution in [0.4, 0.5) is 0 Å². The molecular formula is C18H17BrOS. The van der Waals surface area contributed by atoms with E-state index in [0.717, 1.165) is 16.6 Å². The second-order valence-corrected chi connectivity index (χ2v) is 7.18. The third kappa shape index (κ3) is 3.30. The Morgan fingerprint density at radius 3 is 2.76 bits per heavy atom. The molecule has 0 N–H and O–H groups in total. The smallest absolute Gasteiger partial charge is 0.120 e. The summed E-state index contributed by atoms with van der Waals surface area (Å²) in [6.07, 6.45) is 0.981. The van der Waals surface area contributed by atoms with Gasteiger partial charge in [0.15, 0.2) is 0 Å². The lowest BCUT2D eigenvalue weighted by Crippen LogP contribution is -1.89. The molecule has 0 atom stereocenters. The Hall–Kier alpha value is -1.32. The molecule has 1 nitrogen and oxygen atoms in total. The summed E-state index contributed by atoms with van der Waals surface area (Å²) in [5.74, 6) is 0.956. The topological polar surface area (TPSA) is 9.23 Å². The Morgan fingerprint density at radius 2 is 1.95 bits per heavy atom. The van der Waals surface area contributed by atoms with Crippen LogP contribution in [0.5, 0.6) is 5.75 Å². The van der Waals surface area contributed by atoms with E-state index in [9.17, 15) is 0 Å². The molecule has 0 aliphatic heterocycles. The van der Waals surface area contributed by atoms with Gasteiger partial charge in [0.2, 0.25) is 0 Å². The monoisotopic (exact) mass is 360 g/mol. The Morgan fingerprint density at radius 1 is 1.10 bits per heavy atom. The largest absolute Gasteiger partial charge is 0.494 e. The molecule has 0 aliphatic carbocycles. The van der Waals surface area contributed by atoms with E-state index in [0.29, 0.717) is 6.61 Å². The second kappa shape index (κ2) is 6.20. The molecule has 108 valence electrons. The van der Waals surface area contributed by atoms with Crippen LogP contribution in [0, 0.1) is 6.92 Å². The molecule has 1 heterocycles. The molecular weight excluding hydrogens is 344 g/mol. The number of ether oxygens (including phenoxy) is 1. The number of thiophene rings is 1. The minimum atomic E-state index is 0.709. The van der Waals surface area contributed by atoms with Crippen LogP contribution in [-0.2, 0) is 6.42 Å². The van der Waals surface area contributed by atoms with Gasteiger partial charge < -0.3 is 4.74 Å². The molecule has 1 aromatic heterocycles.